The Morgan fingerprint density at radius 1 is 1.19 bits per heavy atom. The molecular weight excluding hydrogens is 319 g/mol. The maximum atomic E-state index is 10.4. The number of nitro benzene ring substituents is 1. The summed E-state index contributed by atoms with van der Waals surface area (Å²) in [6.45, 7) is 1.03. The maximum absolute atomic E-state index is 10.4. The van der Waals surface area contributed by atoms with Crippen molar-refractivity contribution in [2.75, 3.05) is 27.7 Å². The van der Waals surface area contributed by atoms with Gasteiger partial charge in [0, 0.05) is 18.6 Å². The molecule has 0 bridgehead atoms. The molecule has 5 heteroatoms. The molecule has 0 amide bonds. The van der Waals surface area contributed by atoms with E-state index in [1.165, 1.54) is 0 Å². The summed E-state index contributed by atoms with van der Waals surface area (Å²) in [6, 6.07) is 6.78. The first-order valence-electron chi connectivity index (χ1n) is 4.92. The minimum Gasteiger partial charge on any atom is -1.00 e. The van der Waals surface area contributed by atoms with Crippen LogP contribution in [0.15, 0.2) is 24.3 Å². The van der Waals surface area contributed by atoms with Crippen LogP contribution in [0.4, 0.5) is 5.69 Å². The van der Waals surface area contributed by atoms with Gasteiger partial charge in [-0.1, -0.05) is 12.1 Å². The zero-order chi connectivity index (χ0) is 11.5. The number of hydrogen-bond acceptors (Lipinski definition) is 2. The van der Waals surface area contributed by atoms with Gasteiger partial charge in [-0.3, -0.25) is 10.1 Å². The zero-order valence-corrected chi connectivity index (χ0v) is 12.0. The van der Waals surface area contributed by atoms with Crippen molar-refractivity contribution in [1.82, 2.24) is 0 Å². The fourth-order valence-corrected chi connectivity index (χ4v) is 1.25. The predicted octanol–water partition coefficient (Wildman–Crippen LogP) is -1.15. The fraction of sp³-hybridized carbons (Fsp3) is 0.455. The lowest BCUT2D eigenvalue weighted by Crippen LogP contribution is -3.00. The predicted molar refractivity (Wildman–Crippen MR) is 59.7 cm³/mol. The zero-order valence-electron chi connectivity index (χ0n) is 9.81. The first-order chi connectivity index (χ1) is 6.88. The standard InChI is InChI=1S/C11H17N2O2.HI/c1-13(2,3)9-8-10-4-6-11(7-5-10)12(14)15;/h4-7H,8-9H2,1-3H3;1H/q+1;/p-1. The average molecular weight is 336 g/mol. The molecule has 0 atom stereocenters. The number of nitrogens with zero attached hydrogens (tertiary/aromatic N) is 2. The molecule has 0 heterocycles. The van der Waals surface area contributed by atoms with Gasteiger partial charge >= 0.3 is 0 Å². The molecule has 1 aromatic rings. The Bertz CT molecular complexity index is 344. The summed E-state index contributed by atoms with van der Waals surface area (Å²) < 4.78 is 0.900. The number of halogens is 1. The molecule has 0 aliphatic heterocycles. The third kappa shape index (κ3) is 5.41. The van der Waals surface area contributed by atoms with E-state index in [0.29, 0.717) is 0 Å². The number of quaternary nitrogens is 1. The van der Waals surface area contributed by atoms with Crippen LogP contribution in [-0.2, 0) is 6.42 Å². The molecule has 0 saturated carbocycles. The summed E-state index contributed by atoms with van der Waals surface area (Å²) in [7, 11) is 6.39. The lowest BCUT2D eigenvalue weighted by atomic mass is 10.1. The van der Waals surface area contributed by atoms with Gasteiger partial charge in [0.1, 0.15) is 0 Å². The van der Waals surface area contributed by atoms with Gasteiger partial charge in [0.05, 0.1) is 32.6 Å². The fourth-order valence-electron chi connectivity index (χ4n) is 1.25. The second kappa shape index (κ2) is 6.15. The van der Waals surface area contributed by atoms with Crippen LogP contribution < -0.4 is 24.0 Å². The van der Waals surface area contributed by atoms with Crippen molar-refractivity contribution in [3.05, 3.63) is 39.9 Å². The van der Waals surface area contributed by atoms with Crippen LogP contribution in [0.1, 0.15) is 5.56 Å². The van der Waals surface area contributed by atoms with E-state index in [1.807, 2.05) is 12.1 Å². The summed E-state index contributed by atoms with van der Waals surface area (Å²) in [5.74, 6) is 0. The van der Waals surface area contributed by atoms with E-state index >= 15 is 0 Å². The molecule has 0 radical (unpaired) electrons. The van der Waals surface area contributed by atoms with Crippen molar-refractivity contribution in [3.63, 3.8) is 0 Å². The molecule has 90 valence electrons. The largest absolute Gasteiger partial charge is 1.00 e. The van der Waals surface area contributed by atoms with Gasteiger partial charge in [0.25, 0.3) is 5.69 Å². The van der Waals surface area contributed by atoms with E-state index < -0.39 is 0 Å². The molecule has 0 aromatic heterocycles. The Labute approximate surface area is 113 Å². The molecule has 0 aliphatic rings. The van der Waals surface area contributed by atoms with Gasteiger partial charge < -0.3 is 28.5 Å². The summed E-state index contributed by atoms with van der Waals surface area (Å²) >= 11 is 0. The van der Waals surface area contributed by atoms with E-state index in [2.05, 4.69) is 21.1 Å². The van der Waals surface area contributed by atoms with Crippen molar-refractivity contribution < 1.29 is 33.4 Å². The molecular formula is C11H17IN2O2. The minimum absolute atomic E-state index is 0. The highest BCUT2D eigenvalue weighted by atomic mass is 127. The summed E-state index contributed by atoms with van der Waals surface area (Å²) in [5.41, 5.74) is 1.30. The van der Waals surface area contributed by atoms with E-state index in [0.717, 1.165) is 23.0 Å². The molecule has 4 nitrogen and oxygen atoms in total. The van der Waals surface area contributed by atoms with Crippen LogP contribution in [0.25, 0.3) is 0 Å². The molecule has 1 aromatic carbocycles. The summed E-state index contributed by atoms with van der Waals surface area (Å²) in [6.07, 6.45) is 0.946. The highest BCUT2D eigenvalue weighted by Gasteiger charge is 2.08. The second-order valence-electron chi connectivity index (χ2n) is 4.69. The van der Waals surface area contributed by atoms with Crippen LogP contribution in [0.5, 0.6) is 0 Å². The van der Waals surface area contributed by atoms with Gasteiger partial charge in [-0.15, -0.1) is 0 Å². The molecule has 0 unspecified atom stereocenters. The first kappa shape index (κ1) is 15.3. The number of benzene rings is 1. The Morgan fingerprint density at radius 2 is 1.69 bits per heavy atom. The van der Waals surface area contributed by atoms with Crippen LogP contribution in [0.2, 0.25) is 0 Å². The molecule has 1 rings (SSSR count). The van der Waals surface area contributed by atoms with Crippen molar-refractivity contribution in [2.45, 2.75) is 6.42 Å². The highest BCUT2D eigenvalue weighted by Crippen LogP contribution is 2.12. The maximum Gasteiger partial charge on any atom is 0.269 e. The van der Waals surface area contributed by atoms with Crippen LogP contribution in [0, 0.1) is 10.1 Å². The van der Waals surface area contributed by atoms with Gasteiger partial charge in [-0.25, -0.2) is 0 Å². The number of nitro groups is 1. The van der Waals surface area contributed by atoms with Crippen molar-refractivity contribution in [1.29, 1.82) is 0 Å². The van der Waals surface area contributed by atoms with E-state index in [9.17, 15) is 10.1 Å². The normalized spacial score (nSPS) is 10.7. The summed E-state index contributed by atoms with van der Waals surface area (Å²) in [4.78, 5) is 10.1. The van der Waals surface area contributed by atoms with Gasteiger partial charge in [0.2, 0.25) is 0 Å². The van der Waals surface area contributed by atoms with Crippen LogP contribution in [0.3, 0.4) is 0 Å². The van der Waals surface area contributed by atoms with Crippen molar-refractivity contribution in [3.8, 4) is 0 Å². The lowest BCUT2D eigenvalue weighted by molar-refractivity contribution is -0.870. The van der Waals surface area contributed by atoms with Crippen LogP contribution >= 0.6 is 0 Å². The highest BCUT2D eigenvalue weighted by molar-refractivity contribution is 5.32. The first-order valence-corrected chi connectivity index (χ1v) is 4.92. The molecule has 0 aliphatic carbocycles. The van der Waals surface area contributed by atoms with Crippen molar-refractivity contribution >= 4 is 5.69 Å². The number of non-ortho nitro benzene ring substituents is 1. The quantitative estimate of drug-likeness (QED) is 0.302. The third-order valence-corrected chi connectivity index (χ3v) is 2.22. The number of rotatable bonds is 4. The van der Waals surface area contributed by atoms with Crippen LogP contribution in [-0.4, -0.2) is 37.1 Å². The molecule has 0 fully saturated rings. The Morgan fingerprint density at radius 3 is 2.06 bits per heavy atom. The van der Waals surface area contributed by atoms with Crippen molar-refractivity contribution in [2.24, 2.45) is 0 Å². The van der Waals surface area contributed by atoms with Gasteiger partial charge in [-0.2, -0.15) is 0 Å². The molecule has 16 heavy (non-hydrogen) atoms. The Balaban J connectivity index is 0.00000225. The monoisotopic (exact) mass is 336 g/mol. The minimum atomic E-state index is -0.371. The summed E-state index contributed by atoms with van der Waals surface area (Å²) in [5, 5.41) is 10.4. The van der Waals surface area contributed by atoms with Gasteiger partial charge in [-0.05, 0) is 5.56 Å². The Kier molecular flexibility index (Phi) is 5.88. The lowest BCUT2D eigenvalue weighted by Gasteiger charge is -2.23. The topological polar surface area (TPSA) is 43.1 Å². The van der Waals surface area contributed by atoms with E-state index in [1.54, 1.807) is 12.1 Å². The number of likely N-dealkylation sites (N-methyl/N-ethyl adjacent to an activating group) is 1. The van der Waals surface area contributed by atoms with Gasteiger partial charge in [0.15, 0.2) is 0 Å². The number of hydrogen-bond donors (Lipinski definition) is 0. The Hall–Kier alpha value is -0.690. The molecule has 0 N–H and O–H groups in total. The van der Waals surface area contributed by atoms with E-state index in [-0.39, 0.29) is 34.6 Å². The smallest absolute Gasteiger partial charge is 0.269 e. The third-order valence-electron chi connectivity index (χ3n) is 2.22. The molecule has 0 saturated heterocycles. The van der Waals surface area contributed by atoms with E-state index in [4.69, 9.17) is 0 Å². The molecule has 0 spiro atoms. The average Bonchev–Trinajstić information content (AvgIpc) is 2.14. The SMILES string of the molecule is C[N+](C)(C)CCc1ccc([N+](=O)[O-])cc1.[I-]. The second-order valence-corrected chi connectivity index (χ2v) is 4.69.